The van der Waals surface area contributed by atoms with Gasteiger partial charge in [-0.2, -0.15) is 0 Å². The molecule has 2 amide bonds. The molecule has 0 atom stereocenters. The summed E-state index contributed by atoms with van der Waals surface area (Å²) in [6, 6.07) is 7.75. The summed E-state index contributed by atoms with van der Waals surface area (Å²) in [5, 5.41) is 8.77. The Labute approximate surface area is 109 Å². The maximum Gasteiger partial charge on any atom is 0.324 e. The Balaban J connectivity index is 2.07. The number of hydrogen-bond donors (Lipinski definition) is 1. The quantitative estimate of drug-likeness (QED) is 0.925. The van der Waals surface area contributed by atoms with Crippen LogP contribution in [0.2, 0.25) is 0 Å². The molecular weight excluding hydrogens is 284 g/mol. The van der Waals surface area contributed by atoms with Crippen LogP contribution in [0.4, 0.5) is 10.5 Å². The van der Waals surface area contributed by atoms with E-state index in [2.05, 4.69) is 15.9 Å². The van der Waals surface area contributed by atoms with Gasteiger partial charge in [-0.15, -0.1) is 0 Å². The molecule has 0 bridgehead atoms. The van der Waals surface area contributed by atoms with Crippen LogP contribution in [0, 0.1) is 0 Å². The number of carbonyl (C=O) groups excluding carboxylic acids is 1. The van der Waals surface area contributed by atoms with Crippen LogP contribution >= 0.6 is 15.9 Å². The molecule has 1 aromatic carbocycles. The third-order valence-electron chi connectivity index (χ3n) is 2.80. The molecular formula is C12H15BrN2O2. The highest BCUT2D eigenvalue weighted by atomic mass is 79.9. The van der Waals surface area contributed by atoms with Crippen molar-refractivity contribution in [3.8, 4) is 0 Å². The van der Waals surface area contributed by atoms with E-state index >= 15 is 0 Å². The molecule has 1 aromatic rings. The number of rotatable bonds is 4. The van der Waals surface area contributed by atoms with Crippen LogP contribution in [0.15, 0.2) is 28.7 Å². The maximum absolute atomic E-state index is 12.1. The minimum Gasteiger partial charge on any atom is -0.396 e. The summed E-state index contributed by atoms with van der Waals surface area (Å²) in [6.45, 7) is 2.19. The van der Waals surface area contributed by atoms with Crippen LogP contribution in [-0.4, -0.2) is 42.3 Å². The largest absolute Gasteiger partial charge is 0.396 e. The van der Waals surface area contributed by atoms with Gasteiger partial charge in [-0.25, -0.2) is 4.79 Å². The number of anilines is 1. The molecule has 4 nitrogen and oxygen atoms in total. The first-order valence-electron chi connectivity index (χ1n) is 5.65. The molecule has 0 saturated carbocycles. The lowest BCUT2D eigenvalue weighted by atomic mass is 10.3. The van der Waals surface area contributed by atoms with E-state index in [-0.39, 0.29) is 12.6 Å². The van der Waals surface area contributed by atoms with Gasteiger partial charge in [0.1, 0.15) is 0 Å². The predicted octanol–water partition coefficient (Wildman–Crippen LogP) is 2.07. The summed E-state index contributed by atoms with van der Waals surface area (Å²) < 4.78 is 0.969. The summed E-state index contributed by atoms with van der Waals surface area (Å²) in [6.07, 6.45) is 0.637. The molecule has 0 radical (unpaired) electrons. The molecule has 1 aliphatic rings. The van der Waals surface area contributed by atoms with Gasteiger partial charge in [0.15, 0.2) is 0 Å². The minimum absolute atomic E-state index is 0.0246. The van der Waals surface area contributed by atoms with Crippen LogP contribution in [-0.2, 0) is 0 Å². The van der Waals surface area contributed by atoms with Crippen LogP contribution in [0.25, 0.3) is 0 Å². The normalized spacial score (nSPS) is 15.8. The van der Waals surface area contributed by atoms with Crippen LogP contribution in [0.3, 0.4) is 0 Å². The Kier molecular flexibility index (Phi) is 4.02. The first-order valence-corrected chi connectivity index (χ1v) is 6.44. The van der Waals surface area contributed by atoms with Gasteiger partial charge in [-0.1, -0.05) is 22.0 Å². The van der Waals surface area contributed by atoms with Gasteiger partial charge >= 0.3 is 6.03 Å². The Morgan fingerprint density at radius 2 is 2.18 bits per heavy atom. The van der Waals surface area contributed by atoms with E-state index in [4.69, 9.17) is 5.11 Å². The maximum atomic E-state index is 12.1. The second kappa shape index (κ2) is 5.51. The molecule has 0 unspecified atom stereocenters. The number of carbonyl (C=O) groups is 1. The van der Waals surface area contributed by atoms with Crippen molar-refractivity contribution in [2.75, 3.05) is 31.1 Å². The molecule has 92 valence electrons. The third-order valence-corrected chi connectivity index (χ3v) is 3.29. The van der Waals surface area contributed by atoms with Gasteiger partial charge < -0.3 is 10.0 Å². The van der Waals surface area contributed by atoms with Crippen molar-refractivity contribution in [3.05, 3.63) is 28.7 Å². The molecule has 0 spiro atoms. The van der Waals surface area contributed by atoms with Crippen LogP contribution < -0.4 is 4.90 Å². The van der Waals surface area contributed by atoms with Crippen molar-refractivity contribution in [1.82, 2.24) is 4.90 Å². The first-order chi connectivity index (χ1) is 8.22. The van der Waals surface area contributed by atoms with Crippen molar-refractivity contribution < 1.29 is 9.90 Å². The summed E-state index contributed by atoms with van der Waals surface area (Å²) >= 11 is 3.40. The summed E-state index contributed by atoms with van der Waals surface area (Å²) in [4.78, 5) is 15.6. The fraction of sp³-hybridized carbons (Fsp3) is 0.417. The molecule has 5 heteroatoms. The molecule has 1 saturated heterocycles. The molecule has 0 aromatic heterocycles. The van der Waals surface area contributed by atoms with Gasteiger partial charge in [0, 0.05) is 36.4 Å². The Morgan fingerprint density at radius 1 is 1.35 bits per heavy atom. The van der Waals surface area contributed by atoms with E-state index in [0.29, 0.717) is 19.5 Å². The second-order valence-corrected chi connectivity index (χ2v) is 4.89. The molecule has 1 N–H and O–H groups in total. The average Bonchev–Trinajstić information content (AvgIpc) is 2.68. The highest BCUT2D eigenvalue weighted by molar-refractivity contribution is 9.10. The zero-order chi connectivity index (χ0) is 12.3. The summed E-state index contributed by atoms with van der Waals surface area (Å²) in [7, 11) is 0. The number of hydrogen-bond acceptors (Lipinski definition) is 2. The van der Waals surface area contributed by atoms with Crippen molar-refractivity contribution in [2.24, 2.45) is 0 Å². The average molecular weight is 299 g/mol. The van der Waals surface area contributed by atoms with Gasteiger partial charge in [-0.3, -0.25) is 4.90 Å². The SMILES string of the molecule is O=C1N(CCCO)CCN1c1cccc(Br)c1. The number of urea groups is 1. The Morgan fingerprint density at radius 3 is 2.88 bits per heavy atom. The number of halogens is 1. The van der Waals surface area contributed by atoms with Gasteiger partial charge in [0.2, 0.25) is 0 Å². The fourth-order valence-electron chi connectivity index (χ4n) is 1.94. The topological polar surface area (TPSA) is 43.8 Å². The number of amides is 2. The van der Waals surface area contributed by atoms with E-state index in [1.807, 2.05) is 24.3 Å². The molecule has 1 fully saturated rings. The van der Waals surface area contributed by atoms with Crippen molar-refractivity contribution in [3.63, 3.8) is 0 Å². The lowest BCUT2D eigenvalue weighted by Crippen LogP contribution is -2.32. The Hall–Kier alpha value is -1.07. The predicted molar refractivity (Wildman–Crippen MR) is 70.2 cm³/mol. The highest BCUT2D eigenvalue weighted by Gasteiger charge is 2.28. The number of nitrogens with zero attached hydrogens (tertiary/aromatic N) is 2. The minimum atomic E-state index is 0.0246. The lowest BCUT2D eigenvalue weighted by Gasteiger charge is -2.18. The summed E-state index contributed by atoms with van der Waals surface area (Å²) in [5.74, 6) is 0. The van der Waals surface area contributed by atoms with Crippen molar-refractivity contribution >= 4 is 27.6 Å². The number of aliphatic hydroxyl groups excluding tert-OH is 1. The molecule has 0 aliphatic carbocycles. The Bertz CT molecular complexity index is 411. The van der Waals surface area contributed by atoms with E-state index in [0.717, 1.165) is 16.7 Å². The zero-order valence-corrected chi connectivity index (χ0v) is 11.1. The zero-order valence-electron chi connectivity index (χ0n) is 9.47. The monoisotopic (exact) mass is 298 g/mol. The van der Waals surface area contributed by atoms with Gasteiger partial charge in [0.05, 0.1) is 0 Å². The van der Waals surface area contributed by atoms with E-state index < -0.39 is 0 Å². The number of benzene rings is 1. The van der Waals surface area contributed by atoms with E-state index in [9.17, 15) is 4.79 Å². The molecule has 17 heavy (non-hydrogen) atoms. The van der Waals surface area contributed by atoms with Crippen LogP contribution in [0.5, 0.6) is 0 Å². The van der Waals surface area contributed by atoms with Crippen molar-refractivity contribution in [1.29, 1.82) is 0 Å². The van der Waals surface area contributed by atoms with E-state index in [1.165, 1.54) is 0 Å². The lowest BCUT2D eigenvalue weighted by molar-refractivity contribution is 0.211. The third kappa shape index (κ3) is 2.79. The highest BCUT2D eigenvalue weighted by Crippen LogP contribution is 2.23. The van der Waals surface area contributed by atoms with Gasteiger partial charge in [0.25, 0.3) is 0 Å². The number of aliphatic hydroxyl groups is 1. The second-order valence-electron chi connectivity index (χ2n) is 3.98. The van der Waals surface area contributed by atoms with E-state index in [1.54, 1.807) is 9.80 Å². The standard InChI is InChI=1S/C12H15BrN2O2/c13-10-3-1-4-11(9-10)15-7-6-14(12(15)17)5-2-8-16/h1,3-4,9,16H,2,5-8H2. The van der Waals surface area contributed by atoms with Crippen molar-refractivity contribution in [2.45, 2.75) is 6.42 Å². The van der Waals surface area contributed by atoms with Gasteiger partial charge in [-0.05, 0) is 24.6 Å². The first kappa shape index (κ1) is 12.4. The fourth-order valence-corrected chi connectivity index (χ4v) is 2.32. The molecule has 1 heterocycles. The summed E-state index contributed by atoms with van der Waals surface area (Å²) in [5.41, 5.74) is 0.913. The smallest absolute Gasteiger partial charge is 0.324 e. The molecule has 2 rings (SSSR count). The van der Waals surface area contributed by atoms with Crippen LogP contribution in [0.1, 0.15) is 6.42 Å². The molecule has 1 aliphatic heterocycles.